The van der Waals surface area contributed by atoms with E-state index in [1.165, 1.54) is 7.11 Å². The van der Waals surface area contributed by atoms with Crippen LogP contribution in [0.15, 0.2) is 36.4 Å². The smallest absolute Gasteiger partial charge is 0.328 e. The van der Waals surface area contributed by atoms with Gasteiger partial charge in [-0.2, -0.15) is 5.26 Å². The molecule has 110 valence electrons. The Hall–Kier alpha value is -1.55. The van der Waals surface area contributed by atoms with Crippen molar-refractivity contribution in [2.24, 2.45) is 5.41 Å². The van der Waals surface area contributed by atoms with Gasteiger partial charge in [-0.25, -0.2) is 0 Å². The second-order valence-corrected chi connectivity index (χ2v) is 6.36. The van der Waals surface area contributed by atoms with Gasteiger partial charge in [0.05, 0.1) is 20.3 Å². The molecule has 0 amide bonds. The van der Waals surface area contributed by atoms with Gasteiger partial charge in [0.2, 0.25) is 0 Å². The molecule has 0 fully saturated rings. The Morgan fingerprint density at radius 1 is 1.38 bits per heavy atom. The lowest BCUT2D eigenvalue weighted by Crippen LogP contribution is -2.45. The van der Waals surface area contributed by atoms with Gasteiger partial charge in [0.1, 0.15) is 5.75 Å². The van der Waals surface area contributed by atoms with Crippen molar-refractivity contribution in [3.05, 3.63) is 42.0 Å². The van der Waals surface area contributed by atoms with Crippen LogP contribution in [-0.2, 0) is 9.53 Å². The van der Waals surface area contributed by atoms with E-state index < -0.39 is 11.4 Å². The molecule has 0 bridgehead atoms. The minimum Gasteiger partial charge on any atom is -0.497 e. The zero-order valence-electron chi connectivity index (χ0n) is 11.9. The molecule has 0 radical (unpaired) electrons. The van der Waals surface area contributed by atoms with Gasteiger partial charge in [0.25, 0.3) is 0 Å². The maximum absolute atomic E-state index is 12.3. The molecule has 0 aromatic heterocycles. The first-order chi connectivity index (χ1) is 10.1. The minimum absolute atomic E-state index is 0.135. The van der Waals surface area contributed by atoms with Crippen LogP contribution in [0.2, 0.25) is 0 Å². The molecule has 0 saturated carbocycles. The highest BCUT2D eigenvalue weighted by Crippen LogP contribution is 2.48. The summed E-state index contributed by atoms with van der Waals surface area (Å²) < 4.78 is 9.94. The summed E-state index contributed by atoms with van der Waals surface area (Å²) >= 11 is 2.17. The van der Waals surface area contributed by atoms with Crippen molar-refractivity contribution in [1.82, 2.24) is 0 Å². The van der Waals surface area contributed by atoms with Crippen molar-refractivity contribution in [3.8, 4) is 11.8 Å². The summed E-state index contributed by atoms with van der Waals surface area (Å²) in [7, 11) is 2.93. The molecule has 21 heavy (non-hydrogen) atoms. The highest BCUT2D eigenvalue weighted by atomic mass is 127. The molecular formula is C16H16INO3. The first-order valence-corrected chi connectivity index (χ1v) is 7.79. The van der Waals surface area contributed by atoms with Gasteiger partial charge in [0.15, 0.2) is 5.41 Å². The molecule has 4 nitrogen and oxygen atoms in total. The lowest BCUT2D eigenvalue weighted by atomic mass is 9.67. The Balaban J connectivity index is 2.51. The first kappa shape index (κ1) is 15.8. The molecule has 1 aromatic rings. The van der Waals surface area contributed by atoms with Gasteiger partial charge in [-0.15, -0.1) is 0 Å². The molecule has 1 aromatic carbocycles. The van der Waals surface area contributed by atoms with Gasteiger partial charge in [-0.3, -0.25) is 4.79 Å². The maximum Gasteiger partial charge on any atom is 0.328 e. The van der Waals surface area contributed by atoms with Gasteiger partial charge in [-0.1, -0.05) is 46.9 Å². The number of ether oxygens (including phenoxy) is 2. The largest absolute Gasteiger partial charge is 0.497 e. The van der Waals surface area contributed by atoms with Gasteiger partial charge in [0, 0.05) is 9.84 Å². The van der Waals surface area contributed by atoms with E-state index in [-0.39, 0.29) is 9.84 Å². The Kier molecular flexibility index (Phi) is 4.88. The fourth-order valence-corrected chi connectivity index (χ4v) is 3.74. The molecule has 5 heteroatoms. The average molecular weight is 397 g/mol. The Bertz CT molecular complexity index is 591. The van der Waals surface area contributed by atoms with E-state index in [0.29, 0.717) is 6.42 Å². The highest BCUT2D eigenvalue weighted by molar-refractivity contribution is 14.1. The molecule has 0 N–H and O–H groups in total. The van der Waals surface area contributed by atoms with Crippen LogP contribution in [0.3, 0.4) is 0 Å². The fourth-order valence-electron chi connectivity index (χ4n) is 2.66. The van der Waals surface area contributed by atoms with E-state index in [9.17, 15) is 10.1 Å². The van der Waals surface area contributed by atoms with Gasteiger partial charge < -0.3 is 9.47 Å². The average Bonchev–Trinajstić information content (AvgIpc) is 2.54. The summed E-state index contributed by atoms with van der Waals surface area (Å²) in [4.78, 5) is 12.3. The monoisotopic (exact) mass is 397 g/mol. The molecule has 2 rings (SSSR count). The molecule has 0 aliphatic heterocycles. The van der Waals surface area contributed by atoms with Crippen LogP contribution in [0, 0.1) is 16.7 Å². The number of esters is 1. The maximum atomic E-state index is 12.3. The Morgan fingerprint density at radius 3 is 2.57 bits per heavy atom. The predicted octanol–water partition coefficient (Wildman–Crippen LogP) is 3.23. The first-order valence-electron chi connectivity index (χ1n) is 6.54. The summed E-state index contributed by atoms with van der Waals surface area (Å²) in [5.74, 6) is -0.0590. The summed E-state index contributed by atoms with van der Waals surface area (Å²) in [5, 5.41) is 9.73. The third-order valence-corrected chi connectivity index (χ3v) is 5.33. The van der Waals surface area contributed by atoms with Crippen LogP contribution in [-0.4, -0.2) is 24.1 Å². The van der Waals surface area contributed by atoms with Gasteiger partial charge >= 0.3 is 5.97 Å². The molecule has 3 atom stereocenters. The third-order valence-electron chi connectivity index (χ3n) is 3.84. The van der Waals surface area contributed by atoms with E-state index in [0.717, 1.165) is 11.3 Å². The zero-order valence-corrected chi connectivity index (χ0v) is 14.0. The second-order valence-electron chi connectivity index (χ2n) is 4.85. The van der Waals surface area contributed by atoms with E-state index in [1.807, 2.05) is 36.4 Å². The van der Waals surface area contributed by atoms with Crippen LogP contribution < -0.4 is 4.74 Å². The number of allylic oxidation sites excluding steroid dienone is 2. The van der Waals surface area contributed by atoms with Crippen molar-refractivity contribution in [3.63, 3.8) is 0 Å². The molecule has 1 aliphatic rings. The number of nitriles is 1. The van der Waals surface area contributed by atoms with Gasteiger partial charge in [-0.05, 0) is 24.1 Å². The quantitative estimate of drug-likeness (QED) is 0.340. The van der Waals surface area contributed by atoms with Crippen LogP contribution >= 0.6 is 22.6 Å². The zero-order chi connectivity index (χ0) is 15.5. The van der Waals surface area contributed by atoms with Crippen LogP contribution in [0.4, 0.5) is 0 Å². The number of carbonyl (C=O) groups excluding carboxylic acids is 1. The van der Waals surface area contributed by atoms with E-state index in [2.05, 4.69) is 28.7 Å². The number of halogens is 1. The SMILES string of the molecule is COC(=O)C1(C#N)C(I)CC=CC1c1ccc(OC)cc1. The normalized spacial score (nSPS) is 27.7. The minimum atomic E-state index is -1.20. The van der Waals surface area contributed by atoms with Crippen molar-refractivity contribution >= 4 is 28.6 Å². The second kappa shape index (κ2) is 6.48. The van der Waals surface area contributed by atoms with Crippen LogP contribution in [0.1, 0.15) is 17.9 Å². The number of rotatable bonds is 3. The lowest BCUT2D eigenvalue weighted by Gasteiger charge is -2.37. The van der Waals surface area contributed by atoms with Crippen LogP contribution in [0.25, 0.3) is 0 Å². The number of nitrogens with zero attached hydrogens (tertiary/aromatic N) is 1. The summed E-state index contributed by atoms with van der Waals surface area (Å²) in [5.41, 5.74) is -0.293. The van der Waals surface area contributed by atoms with E-state index >= 15 is 0 Å². The number of methoxy groups -OCH3 is 2. The predicted molar refractivity (Wildman–Crippen MR) is 87.4 cm³/mol. The highest BCUT2D eigenvalue weighted by Gasteiger charge is 2.53. The molecule has 0 spiro atoms. The number of hydrogen-bond acceptors (Lipinski definition) is 4. The Labute approximate surface area is 137 Å². The molecule has 0 saturated heterocycles. The number of benzene rings is 1. The fraction of sp³-hybridized carbons (Fsp3) is 0.375. The standard InChI is InChI=1S/C16H16INO3/c1-20-12-8-6-11(7-9-12)13-4-3-5-14(17)16(13,10-18)15(19)21-2/h3-4,6-9,13-14H,5H2,1-2H3. The summed E-state index contributed by atoms with van der Waals surface area (Å²) in [6, 6.07) is 9.67. The third kappa shape index (κ3) is 2.64. The molecule has 0 heterocycles. The number of alkyl halides is 1. The topological polar surface area (TPSA) is 59.3 Å². The number of hydrogen-bond donors (Lipinski definition) is 0. The van der Waals surface area contributed by atoms with Crippen LogP contribution in [0.5, 0.6) is 5.75 Å². The number of carbonyl (C=O) groups is 1. The molecule has 3 unspecified atom stereocenters. The van der Waals surface area contributed by atoms with Crippen molar-refractivity contribution in [2.75, 3.05) is 14.2 Å². The van der Waals surface area contributed by atoms with Crippen molar-refractivity contribution < 1.29 is 14.3 Å². The molecular weight excluding hydrogens is 381 g/mol. The summed E-state index contributed by atoms with van der Waals surface area (Å²) in [6.45, 7) is 0. The van der Waals surface area contributed by atoms with E-state index in [4.69, 9.17) is 9.47 Å². The van der Waals surface area contributed by atoms with Crippen molar-refractivity contribution in [2.45, 2.75) is 16.3 Å². The lowest BCUT2D eigenvalue weighted by molar-refractivity contribution is -0.150. The molecule has 1 aliphatic carbocycles. The van der Waals surface area contributed by atoms with Crippen molar-refractivity contribution in [1.29, 1.82) is 5.26 Å². The van der Waals surface area contributed by atoms with E-state index in [1.54, 1.807) is 7.11 Å². The summed E-state index contributed by atoms with van der Waals surface area (Å²) in [6.07, 6.45) is 4.62. The Morgan fingerprint density at radius 2 is 2.05 bits per heavy atom.